The number of carbonyl (C=O) groups is 1. The first-order valence-corrected chi connectivity index (χ1v) is 10.6. The van der Waals surface area contributed by atoms with E-state index >= 15 is 0 Å². The molecule has 3 aromatic rings. The fourth-order valence-corrected chi connectivity index (χ4v) is 4.20. The van der Waals surface area contributed by atoms with Crippen LogP contribution in [0, 0.1) is 6.92 Å². The highest BCUT2D eigenvalue weighted by Crippen LogP contribution is 2.29. The topological polar surface area (TPSA) is 74.2 Å². The number of carboxylic acid groups (broad SMARTS) is 1. The number of thiazole rings is 1. The Balaban J connectivity index is 1.76. The molecule has 2 aromatic carbocycles. The maximum Gasteiger partial charge on any atom is 0.305 e. The van der Waals surface area contributed by atoms with Crippen molar-refractivity contribution in [3.8, 4) is 11.3 Å². The van der Waals surface area contributed by atoms with Gasteiger partial charge in [0.25, 0.3) is 0 Å². The molecule has 3 rings (SSSR count). The van der Waals surface area contributed by atoms with Gasteiger partial charge in [0, 0.05) is 26.7 Å². The van der Waals surface area contributed by atoms with Gasteiger partial charge in [-0.3, -0.25) is 4.79 Å². The van der Waals surface area contributed by atoms with Crippen LogP contribution in [0.3, 0.4) is 0 Å². The van der Waals surface area contributed by atoms with Crippen LogP contribution >= 0.6 is 46.8 Å². The fourth-order valence-electron chi connectivity index (χ4n) is 2.78. The molecule has 0 aliphatic heterocycles. The maximum atomic E-state index is 11.3. The highest BCUT2D eigenvalue weighted by molar-refractivity contribution is 7.80. The van der Waals surface area contributed by atoms with Gasteiger partial charge in [-0.25, -0.2) is 4.98 Å². The summed E-state index contributed by atoms with van der Waals surface area (Å²) in [5.41, 5.74) is 3.23. The van der Waals surface area contributed by atoms with Crippen molar-refractivity contribution in [2.24, 2.45) is 0 Å². The Kier molecular flexibility index (Phi) is 7.08. The molecular formula is C20H17Cl2N3O2S2. The molecular weight excluding hydrogens is 449 g/mol. The predicted octanol–water partition coefficient (Wildman–Crippen LogP) is 5.93. The summed E-state index contributed by atoms with van der Waals surface area (Å²) < 4.78 is 0. The van der Waals surface area contributed by atoms with Crippen LogP contribution in [0.15, 0.2) is 47.8 Å². The fraction of sp³-hybridized carbons (Fsp3) is 0.150. The molecule has 1 aromatic heterocycles. The number of aryl methyl sites for hydroxylation is 1. The van der Waals surface area contributed by atoms with Crippen LogP contribution in [0.25, 0.3) is 11.3 Å². The number of hydrogen-bond donors (Lipinski definition) is 3. The van der Waals surface area contributed by atoms with Crippen LogP contribution in [0.1, 0.15) is 23.0 Å². The van der Waals surface area contributed by atoms with Crippen LogP contribution in [0.4, 0.5) is 5.69 Å². The minimum Gasteiger partial charge on any atom is -0.481 e. The molecule has 0 amide bonds. The van der Waals surface area contributed by atoms with E-state index in [1.165, 1.54) is 0 Å². The molecule has 9 heteroatoms. The van der Waals surface area contributed by atoms with Crippen molar-refractivity contribution in [2.75, 3.05) is 5.32 Å². The highest BCUT2D eigenvalue weighted by Gasteiger charge is 2.19. The minimum absolute atomic E-state index is 0.193. The van der Waals surface area contributed by atoms with Gasteiger partial charge < -0.3 is 15.7 Å². The number of halogens is 2. The van der Waals surface area contributed by atoms with E-state index in [0.29, 0.717) is 15.6 Å². The zero-order valence-corrected chi connectivity index (χ0v) is 18.4. The van der Waals surface area contributed by atoms with Gasteiger partial charge in [-0.15, -0.1) is 11.3 Å². The van der Waals surface area contributed by atoms with E-state index in [-0.39, 0.29) is 11.5 Å². The number of aromatic nitrogens is 1. The van der Waals surface area contributed by atoms with Gasteiger partial charge in [0.15, 0.2) is 5.11 Å². The Hall–Kier alpha value is -2.19. The van der Waals surface area contributed by atoms with Gasteiger partial charge >= 0.3 is 5.97 Å². The van der Waals surface area contributed by atoms with Crippen LogP contribution in [-0.4, -0.2) is 21.2 Å². The lowest BCUT2D eigenvalue weighted by molar-refractivity contribution is -0.137. The van der Waals surface area contributed by atoms with Crippen molar-refractivity contribution in [3.63, 3.8) is 0 Å². The van der Waals surface area contributed by atoms with E-state index in [1.54, 1.807) is 29.5 Å². The first-order valence-electron chi connectivity index (χ1n) is 8.58. The number of hydrogen-bond acceptors (Lipinski definition) is 4. The molecule has 0 bridgehead atoms. The summed E-state index contributed by atoms with van der Waals surface area (Å²) in [5.74, 6) is -0.975. The normalized spacial score (nSPS) is 11.7. The van der Waals surface area contributed by atoms with Crippen LogP contribution in [0.2, 0.25) is 10.0 Å². The van der Waals surface area contributed by atoms with Crippen LogP contribution < -0.4 is 10.6 Å². The Morgan fingerprint density at radius 3 is 2.72 bits per heavy atom. The summed E-state index contributed by atoms with van der Waals surface area (Å²) in [6.07, 6.45) is -0.193. The average molecular weight is 466 g/mol. The van der Waals surface area contributed by atoms with Gasteiger partial charge in [-0.05, 0) is 49.0 Å². The Bertz CT molecular complexity index is 1060. The Labute approximate surface area is 187 Å². The summed E-state index contributed by atoms with van der Waals surface area (Å²) in [6, 6.07) is 12.0. The molecule has 0 aliphatic carbocycles. The number of nitrogens with zero attached hydrogens (tertiary/aromatic N) is 1. The van der Waals surface area contributed by atoms with Gasteiger partial charge in [-0.1, -0.05) is 41.4 Å². The van der Waals surface area contributed by atoms with Crippen LogP contribution in [-0.2, 0) is 4.79 Å². The molecule has 1 unspecified atom stereocenters. The predicted molar refractivity (Wildman–Crippen MR) is 123 cm³/mol. The van der Waals surface area contributed by atoms with E-state index in [9.17, 15) is 9.90 Å². The number of carboxylic acids is 1. The van der Waals surface area contributed by atoms with Crippen molar-refractivity contribution in [3.05, 3.63) is 68.5 Å². The smallest absolute Gasteiger partial charge is 0.305 e. The van der Waals surface area contributed by atoms with E-state index in [4.69, 9.17) is 35.4 Å². The average Bonchev–Trinajstić information content (AvgIpc) is 3.07. The second-order valence-electron chi connectivity index (χ2n) is 6.25. The second kappa shape index (κ2) is 9.54. The van der Waals surface area contributed by atoms with Crippen molar-refractivity contribution in [1.82, 2.24) is 10.3 Å². The Morgan fingerprint density at radius 1 is 1.28 bits per heavy atom. The number of thiocarbonyl (C=S) groups is 1. The van der Waals surface area contributed by atoms with Gasteiger partial charge in [0.1, 0.15) is 0 Å². The molecule has 29 heavy (non-hydrogen) atoms. The molecule has 1 atom stereocenters. The van der Waals surface area contributed by atoms with Gasteiger partial charge in [-0.2, -0.15) is 0 Å². The van der Waals surface area contributed by atoms with E-state index in [1.807, 2.05) is 36.6 Å². The van der Waals surface area contributed by atoms with Gasteiger partial charge in [0.05, 0.1) is 23.2 Å². The lowest BCUT2D eigenvalue weighted by Crippen LogP contribution is -2.33. The molecule has 0 radical (unpaired) electrons. The molecule has 150 valence electrons. The number of rotatable bonds is 6. The number of nitrogens with one attached hydrogen (secondary N) is 2. The lowest BCUT2D eigenvalue weighted by Gasteiger charge is -2.21. The van der Waals surface area contributed by atoms with Crippen molar-refractivity contribution in [1.29, 1.82) is 0 Å². The lowest BCUT2D eigenvalue weighted by atomic mass is 10.0. The number of aliphatic carboxylic acids is 1. The third-order valence-corrected chi connectivity index (χ3v) is 5.61. The third kappa shape index (κ3) is 5.90. The summed E-state index contributed by atoms with van der Waals surface area (Å²) >= 11 is 19.2. The zero-order valence-electron chi connectivity index (χ0n) is 15.3. The molecule has 0 aliphatic rings. The standard InChI is InChI=1S/C20H17Cl2N3O2S2/c1-11-23-18(10-29-11)12-3-2-4-14(7-12)24-20(28)25-17(9-19(26)27)15-6-5-13(21)8-16(15)22/h2-8,10,17H,9H2,1H3,(H,26,27)(H2,24,25,28). The molecule has 0 saturated carbocycles. The van der Waals surface area contributed by atoms with E-state index in [2.05, 4.69) is 15.6 Å². The summed E-state index contributed by atoms with van der Waals surface area (Å²) in [7, 11) is 0. The molecule has 0 fully saturated rings. The van der Waals surface area contributed by atoms with E-state index in [0.717, 1.165) is 22.0 Å². The number of anilines is 1. The summed E-state index contributed by atoms with van der Waals surface area (Å²) in [4.78, 5) is 15.8. The van der Waals surface area contributed by atoms with Gasteiger partial charge in [0.2, 0.25) is 0 Å². The monoisotopic (exact) mass is 465 g/mol. The maximum absolute atomic E-state index is 11.3. The zero-order chi connectivity index (χ0) is 21.0. The van der Waals surface area contributed by atoms with Crippen molar-refractivity contribution >= 4 is 63.5 Å². The molecule has 0 spiro atoms. The highest BCUT2D eigenvalue weighted by atomic mass is 35.5. The minimum atomic E-state index is -0.975. The summed E-state index contributed by atoms with van der Waals surface area (Å²) in [5, 5.41) is 19.5. The quantitative estimate of drug-likeness (QED) is 0.391. The van der Waals surface area contributed by atoms with Crippen molar-refractivity contribution in [2.45, 2.75) is 19.4 Å². The Morgan fingerprint density at radius 2 is 2.07 bits per heavy atom. The van der Waals surface area contributed by atoms with Crippen molar-refractivity contribution < 1.29 is 9.90 Å². The molecule has 3 N–H and O–H groups in total. The molecule has 0 saturated heterocycles. The third-order valence-electron chi connectivity index (χ3n) is 4.06. The summed E-state index contributed by atoms with van der Waals surface area (Å²) in [6.45, 7) is 1.96. The first-order chi connectivity index (χ1) is 13.8. The molecule has 1 heterocycles. The number of benzene rings is 2. The molecule has 5 nitrogen and oxygen atoms in total. The first kappa shape index (κ1) is 21.5. The van der Waals surface area contributed by atoms with E-state index < -0.39 is 12.0 Å². The largest absolute Gasteiger partial charge is 0.481 e. The SMILES string of the molecule is Cc1nc(-c2cccc(NC(=S)NC(CC(=O)O)c3ccc(Cl)cc3Cl)c2)cs1. The van der Waals surface area contributed by atoms with Crippen LogP contribution in [0.5, 0.6) is 0 Å². The second-order valence-corrected chi connectivity index (χ2v) is 8.56.